The molecule has 0 aliphatic rings. The maximum Gasteiger partial charge on any atom is 0.216 e. The zero-order chi connectivity index (χ0) is 19.7. The Morgan fingerprint density at radius 3 is 2.43 bits per heavy atom. The lowest BCUT2D eigenvalue weighted by atomic mass is 9.87. The molecule has 1 N–H and O–H groups in total. The Labute approximate surface area is 169 Å². The summed E-state index contributed by atoms with van der Waals surface area (Å²) >= 11 is 5.40. The molecular weight excluding hydrogens is 364 g/mol. The van der Waals surface area contributed by atoms with Crippen LogP contribution in [-0.2, 0) is 5.41 Å². The molecule has 0 unspecified atom stereocenters. The zero-order valence-corrected chi connectivity index (χ0v) is 17.0. The first-order valence-electron chi connectivity index (χ1n) is 9.24. The molecule has 0 aliphatic carbocycles. The Morgan fingerprint density at radius 2 is 1.68 bits per heavy atom. The van der Waals surface area contributed by atoms with Gasteiger partial charge in [0.05, 0.1) is 6.21 Å². The number of hydrogen-bond acceptors (Lipinski definition) is 3. The highest BCUT2D eigenvalue weighted by Gasteiger charge is 2.14. The molecule has 0 bridgehead atoms. The minimum absolute atomic E-state index is 0.107. The van der Waals surface area contributed by atoms with Crippen LogP contribution in [-0.4, -0.2) is 21.1 Å². The topological polar surface area (TPSA) is 46.0 Å². The van der Waals surface area contributed by atoms with Crippen LogP contribution in [0, 0.1) is 4.77 Å². The third-order valence-corrected chi connectivity index (χ3v) is 5.06. The van der Waals surface area contributed by atoms with Gasteiger partial charge in [-0.25, -0.2) is 5.10 Å². The molecular formula is C23H22N4S. The van der Waals surface area contributed by atoms with Crippen LogP contribution in [0.25, 0.3) is 22.2 Å². The van der Waals surface area contributed by atoms with Crippen molar-refractivity contribution in [2.75, 3.05) is 0 Å². The summed E-state index contributed by atoms with van der Waals surface area (Å²) in [4.78, 5) is 0. The minimum Gasteiger partial charge on any atom is -0.250 e. The van der Waals surface area contributed by atoms with Crippen LogP contribution in [0.2, 0.25) is 0 Å². The van der Waals surface area contributed by atoms with Gasteiger partial charge in [0.1, 0.15) is 0 Å². The van der Waals surface area contributed by atoms with Crippen LogP contribution in [0.3, 0.4) is 0 Å². The van der Waals surface area contributed by atoms with Gasteiger partial charge in [0.15, 0.2) is 5.82 Å². The predicted molar refractivity (Wildman–Crippen MR) is 118 cm³/mol. The van der Waals surface area contributed by atoms with Crippen LogP contribution in [0.4, 0.5) is 0 Å². The summed E-state index contributed by atoms with van der Waals surface area (Å²) < 4.78 is 2.13. The molecule has 0 amide bonds. The first kappa shape index (κ1) is 18.3. The number of hydrogen-bond donors (Lipinski definition) is 1. The van der Waals surface area contributed by atoms with Crippen LogP contribution in [0.5, 0.6) is 0 Å². The van der Waals surface area contributed by atoms with Gasteiger partial charge in [-0.3, -0.25) is 0 Å². The van der Waals surface area contributed by atoms with Gasteiger partial charge in [-0.05, 0) is 34.0 Å². The van der Waals surface area contributed by atoms with Crippen LogP contribution < -0.4 is 0 Å². The monoisotopic (exact) mass is 386 g/mol. The van der Waals surface area contributed by atoms with E-state index in [1.165, 1.54) is 10.9 Å². The summed E-state index contributed by atoms with van der Waals surface area (Å²) in [6.07, 6.45) is 1.83. The van der Waals surface area contributed by atoms with Crippen molar-refractivity contribution in [2.45, 2.75) is 26.2 Å². The molecule has 3 aromatic carbocycles. The highest BCUT2D eigenvalue weighted by Crippen LogP contribution is 2.25. The number of nitrogens with zero attached hydrogens (tertiary/aromatic N) is 3. The first-order valence-corrected chi connectivity index (χ1v) is 9.65. The number of aromatic nitrogens is 3. The van der Waals surface area contributed by atoms with Gasteiger partial charge in [-0.2, -0.15) is 14.9 Å². The van der Waals surface area contributed by atoms with E-state index in [1.54, 1.807) is 4.68 Å². The summed E-state index contributed by atoms with van der Waals surface area (Å²) in [5.74, 6) is 0.696. The molecule has 0 fully saturated rings. The molecule has 0 radical (unpaired) electrons. The second kappa shape index (κ2) is 7.17. The smallest absolute Gasteiger partial charge is 0.216 e. The number of rotatable bonds is 3. The van der Waals surface area contributed by atoms with Crippen molar-refractivity contribution in [3.8, 4) is 11.4 Å². The van der Waals surface area contributed by atoms with Gasteiger partial charge in [-0.15, -0.1) is 0 Å². The molecule has 4 aromatic rings. The minimum atomic E-state index is 0.107. The molecule has 140 valence electrons. The second-order valence-corrected chi connectivity index (χ2v) is 8.19. The predicted octanol–water partition coefficient (Wildman–Crippen LogP) is 5.94. The summed E-state index contributed by atoms with van der Waals surface area (Å²) in [5, 5.41) is 14.2. The fourth-order valence-electron chi connectivity index (χ4n) is 3.19. The molecule has 4 rings (SSSR count). The highest BCUT2D eigenvalue weighted by atomic mass is 32.1. The highest BCUT2D eigenvalue weighted by molar-refractivity contribution is 7.71. The Morgan fingerprint density at radius 1 is 0.964 bits per heavy atom. The fraction of sp³-hybridized carbons (Fsp3) is 0.174. The molecule has 0 atom stereocenters. The number of fused-ring (bicyclic) bond motifs is 1. The summed E-state index contributed by atoms with van der Waals surface area (Å²) in [7, 11) is 0. The van der Waals surface area contributed by atoms with Crippen LogP contribution in [0.15, 0.2) is 71.8 Å². The normalized spacial score (nSPS) is 12.1. The van der Waals surface area contributed by atoms with Crippen LogP contribution >= 0.6 is 12.2 Å². The molecule has 1 aromatic heterocycles. The van der Waals surface area contributed by atoms with Crippen molar-refractivity contribution >= 4 is 29.2 Å². The van der Waals surface area contributed by atoms with Crippen LogP contribution in [0.1, 0.15) is 31.9 Å². The van der Waals surface area contributed by atoms with Gasteiger partial charge in [0, 0.05) is 11.1 Å². The van der Waals surface area contributed by atoms with E-state index in [1.807, 2.05) is 30.5 Å². The number of benzene rings is 3. The van der Waals surface area contributed by atoms with Crippen molar-refractivity contribution in [3.05, 3.63) is 82.6 Å². The average Bonchev–Trinajstić information content (AvgIpc) is 3.06. The van der Waals surface area contributed by atoms with Gasteiger partial charge in [0.2, 0.25) is 4.77 Å². The SMILES string of the molecule is CC(C)(C)c1ccc(-c2n[nH]c(=S)n2N=Cc2cccc3ccccc23)cc1. The molecule has 0 saturated heterocycles. The third kappa shape index (κ3) is 3.53. The van der Waals surface area contributed by atoms with Gasteiger partial charge >= 0.3 is 0 Å². The summed E-state index contributed by atoms with van der Waals surface area (Å²) in [6, 6.07) is 22.8. The van der Waals surface area contributed by atoms with Gasteiger partial charge in [-0.1, -0.05) is 87.5 Å². The average molecular weight is 387 g/mol. The molecule has 0 saturated carbocycles. The number of nitrogens with one attached hydrogen (secondary N) is 1. The van der Waals surface area contributed by atoms with E-state index in [4.69, 9.17) is 12.2 Å². The molecule has 0 aliphatic heterocycles. The number of H-pyrrole nitrogens is 1. The van der Waals surface area contributed by atoms with Crippen molar-refractivity contribution < 1.29 is 0 Å². The Hall–Kier alpha value is -3.05. The third-order valence-electron chi connectivity index (χ3n) is 4.80. The van der Waals surface area contributed by atoms with E-state index in [0.717, 1.165) is 16.5 Å². The van der Waals surface area contributed by atoms with E-state index in [-0.39, 0.29) is 5.41 Å². The van der Waals surface area contributed by atoms with E-state index >= 15 is 0 Å². The molecule has 1 heterocycles. The second-order valence-electron chi connectivity index (χ2n) is 7.80. The number of aromatic amines is 1. The summed E-state index contributed by atoms with van der Waals surface area (Å²) in [6.45, 7) is 6.60. The Bertz CT molecular complexity index is 1200. The Kier molecular flexibility index (Phi) is 4.69. The van der Waals surface area contributed by atoms with Gasteiger partial charge in [0.25, 0.3) is 0 Å². The standard InChI is InChI=1S/C23H22N4S/c1-23(2,3)19-13-11-17(12-14-19)21-25-26-22(28)27(21)24-15-18-9-6-8-16-7-4-5-10-20(16)18/h4-15H,1-3H3,(H,26,28). The quantitative estimate of drug-likeness (QED) is 0.350. The summed E-state index contributed by atoms with van der Waals surface area (Å²) in [5.41, 5.74) is 3.39. The van der Waals surface area contributed by atoms with Gasteiger partial charge < -0.3 is 0 Å². The maximum atomic E-state index is 5.40. The molecule has 4 nitrogen and oxygen atoms in total. The van der Waals surface area contributed by atoms with Crippen molar-refractivity contribution in [1.29, 1.82) is 0 Å². The fourth-order valence-corrected chi connectivity index (χ4v) is 3.37. The van der Waals surface area contributed by atoms with E-state index in [2.05, 4.69) is 78.5 Å². The zero-order valence-electron chi connectivity index (χ0n) is 16.2. The lowest BCUT2D eigenvalue weighted by Gasteiger charge is -2.18. The largest absolute Gasteiger partial charge is 0.250 e. The Balaban J connectivity index is 1.73. The molecule has 5 heteroatoms. The lowest BCUT2D eigenvalue weighted by Crippen LogP contribution is -2.10. The maximum absolute atomic E-state index is 5.40. The molecule has 28 heavy (non-hydrogen) atoms. The van der Waals surface area contributed by atoms with E-state index < -0.39 is 0 Å². The first-order chi connectivity index (χ1) is 13.4. The van der Waals surface area contributed by atoms with Crippen molar-refractivity contribution in [3.63, 3.8) is 0 Å². The van der Waals surface area contributed by atoms with E-state index in [9.17, 15) is 0 Å². The van der Waals surface area contributed by atoms with E-state index in [0.29, 0.717) is 10.6 Å². The lowest BCUT2D eigenvalue weighted by molar-refractivity contribution is 0.590. The molecule has 0 spiro atoms. The van der Waals surface area contributed by atoms with Crippen molar-refractivity contribution in [1.82, 2.24) is 14.9 Å². The van der Waals surface area contributed by atoms with Crippen molar-refractivity contribution in [2.24, 2.45) is 5.10 Å².